The zero-order valence-corrected chi connectivity index (χ0v) is 25.4. The number of carbonyl (C=O) groups is 3. The monoisotopic (exact) mass is 647 g/mol. The summed E-state index contributed by atoms with van der Waals surface area (Å²) in [6.45, 7) is 1.36. The van der Waals surface area contributed by atoms with Crippen LogP contribution in [0.5, 0.6) is 0 Å². The third kappa shape index (κ3) is 9.45. The zero-order chi connectivity index (χ0) is 32.7. The molecule has 15 heteroatoms. The normalized spacial score (nSPS) is 14.6. The van der Waals surface area contributed by atoms with E-state index in [1.165, 1.54) is 0 Å². The SMILES string of the molecule is CN(C)C(=O)N1CCC(CC(=O)Nc2ccc3cc2CCc2cccc(c2)Nc2ncc(Cl)c(n2)N3)CC1.O=C(O)C(F)(F)F. The largest absolute Gasteiger partial charge is 0.490 e. The summed E-state index contributed by atoms with van der Waals surface area (Å²) in [6.07, 6.45) is 0.134. The van der Waals surface area contributed by atoms with Crippen LogP contribution in [0, 0.1) is 5.92 Å². The number of hydrogen-bond acceptors (Lipinski definition) is 7. The van der Waals surface area contributed by atoms with E-state index in [1.54, 1.807) is 25.2 Å². The summed E-state index contributed by atoms with van der Waals surface area (Å²) in [5.74, 6) is -1.54. The number of aryl methyl sites for hydroxylation is 2. The molecule has 11 nitrogen and oxygen atoms in total. The number of amides is 3. The van der Waals surface area contributed by atoms with Crippen molar-refractivity contribution >= 4 is 58.3 Å². The molecule has 1 saturated heterocycles. The van der Waals surface area contributed by atoms with Gasteiger partial charge in [-0.05, 0) is 73.1 Å². The molecule has 3 aromatic rings. The van der Waals surface area contributed by atoms with Crippen LogP contribution in [0.4, 0.5) is 46.8 Å². The Hall–Kier alpha value is -4.59. The number of benzene rings is 2. The highest BCUT2D eigenvalue weighted by molar-refractivity contribution is 6.32. The summed E-state index contributed by atoms with van der Waals surface area (Å²) in [4.78, 5) is 46.4. The molecule has 0 unspecified atom stereocenters. The molecule has 1 aromatic heterocycles. The zero-order valence-electron chi connectivity index (χ0n) is 24.6. The molecule has 2 aliphatic rings. The van der Waals surface area contributed by atoms with E-state index in [0.717, 1.165) is 53.9 Å². The molecular formula is C30H33ClF3N7O4. The van der Waals surface area contributed by atoms with Crippen LogP contribution in [0.2, 0.25) is 5.02 Å². The summed E-state index contributed by atoms with van der Waals surface area (Å²) in [5.41, 5.74) is 4.72. The summed E-state index contributed by atoms with van der Waals surface area (Å²) in [5, 5.41) is 17.2. The molecule has 2 aliphatic heterocycles. The van der Waals surface area contributed by atoms with E-state index in [1.807, 2.05) is 35.2 Å². The molecule has 0 spiro atoms. The maximum Gasteiger partial charge on any atom is 0.490 e. The van der Waals surface area contributed by atoms with E-state index < -0.39 is 12.1 Å². The van der Waals surface area contributed by atoms with E-state index >= 15 is 0 Å². The number of rotatable bonds is 3. The maximum absolute atomic E-state index is 13.0. The lowest BCUT2D eigenvalue weighted by Crippen LogP contribution is -2.44. The van der Waals surface area contributed by atoms with Crippen LogP contribution in [-0.2, 0) is 22.4 Å². The lowest BCUT2D eigenvalue weighted by Gasteiger charge is -2.33. The van der Waals surface area contributed by atoms with Crippen LogP contribution >= 0.6 is 11.6 Å². The first-order chi connectivity index (χ1) is 21.3. The number of urea groups is 1. The summed E-state index contributed by atoms with van der Waals surface area (Å²) in [7, 11) is 3.53. The molecule has 1 fully saturated rings. The van der Waals surface area contributed by atoms with E-state index in [9.17, 15) is 22.8 Å². The molecule has 0 aliphatic carbocycles. The Morgan fingerprint density at radius 2 is 1.76 bits per heavy atom. The van der Waals surface area contributed by atoms with Gasteiger partial charge >= 0.3 is 18.2 Å². The van der Waals surface area contributed by atoms with Gasteiger partial charge in [0.2, 0.25) is 11.9 Å². The highest BCUT2D eigenvalue weighted by Crippen LogP contribution is 2.30. The van der Waals surface area contributed by atoms with Crippen LogP contribution in [-0.4, -0.2) is 76.1 Å². The van der Waals surface area contributed by atoms with E-state index in [4.69, 9.17) is 21.5 Å². The van der Waals surface area contributed by atoms with Crippen molar-refractivity contribution < 1.29 is 32.7 Å². The average molecular weight is 648 g/mol. The van der Waals surface area contributed by atoms with Crippen LogP contribution < -0.4 is 16.0 Å². The fraction of sp³-hybridized carbons (Fsp3) is 0.367. The number of likely N-dealkylation sites (tertiary alicyclic amines) is 1. The molecule has 3 heterocycles. The molecule has 0 saturated carbocycles. The topological polar surface area (TPSA) is 140 Å². The fourth-order valence-corrected chi connectivity index (χ4v) is 5.08. The van der Waals surface area contributed by atoms with Crippen LogP contribution in [0.1, 0.15) is 30.4 Å². The minimum Gasteiger partial charge on any atom is -0.475 e. The molecule has 240 valence electrons. The van der Waals surface area contributed by atoms with Crippen molar-refractivity contribution in [2.45, 2.75) is 38.3 Å². The van der Waals surface area contributed by atoms with Gasteiger partial charge in [-0.25, -0.2) is 14.6 Å². The van der Waals surface area contributed by atoms with Gasteiger partial charge in [-0.15, -0.1) is 0 Å². The second kappa shape index (κ2) is 14.5. The van der Waals surface area contributed by atoms with Gasteiger partial charge in [0.05, 0.1) is 6.20 Å². The van der Waals surface area contributed by atoms with Crippen molar-refractivity contribution in [1.29, 1.82) is 0 Å². The third-order valence-corrected chi connectivity index (χ3v) is 7.51. The molecule has 0 radical (unpaired) electrons. The van der Waals surface area contributed by atoms with Gasteiger partial charge in [0.15, 0.2) is 5.82 Å². The standard InChI is InChI=1S/C28H32ClN7O2.C2HF3O2/c1-35(2)28(38)36-12-10-19(11-13-36)15-25(37)33-24-9-8-22-16-20(24)7-6-18-4-3-5-21(14-18)32-27-30-17-23(29)26(31-22)34-27;3-2(4,5)1(6)7/h3-5,8-9,14,16-17,19H,6-7,10-13,15H2,1-2H3,(H,33,37)(H2,30,31,32,34);(H,6,7). The molecule has 3 amide bonds. The number of carboxylic acid groups (broad SMARTS) is 1. The Morgan fingerprint density at radius 1 is 1.07 bits per heavy atom. The first-order valence-electron chi connectivity index (χ1n) is 14.1. The minimum absolute atomic E-state index is 0.00283. The van der Waals surface area contributed by atoms with Crippen LogP contribution in [0.15, 0.2) is 48.7 Å². The Labute approximate surface area is 262 Å². The van der Waals surface area contributed by atoms with Crippen LogP contribution in [0.3, 0.4) is 0 Å². The Kier molecular flexibility index (Phi) is 10.7. The number of alkyl halides is 3. The second-order valence-corrected chi connectivity index (χ2v) is 11.3. The minimum atomic E-state index is -5.08. The van der Waals surface area contributed by atoms with E-state index in [-0.39, 0.29) is 17.9 Å². The number of aromatic nitrogens is 2. The van der Waals surface area contributed by atoms with Gasteiger partial charge < -0.3 is 30.9 Å². The van der Waals surface area contributed by atoms with Crippen molar-refractivity contribution in [2.24, 2.45) is 5.92 Å². The predicted molar refractivity (Wildman–Crippen MR) is 164 cm³/mol. The lowest BCUT2D eigenvalue weighted by molar-refractivity contribution is -0.192. The molecule has 0 atom stereocenters. The Morgan fingerprint density at radius 3 is 2.42 bits per heavy atom. The number of carbonyl (C=O) groups excluding carboxylic acids is 2. The molecular weight excluding hydrogens is 615 g/mol. The Balaban J connectivity index is 0.000000591. The number of nitrogens with zero attached hydrogens (tertiary/aromatic N) is 4. The Bertz CT molecular complexity index is 1550. The van der Waals surface area contributed by atoms with Gasteiger partial charge in [-0.2, -0.15) is 18.2 Å². The van der Waals surface area contributed by atoms with E-state index in [2.05, 4.69) is 38.1 Å². The number of piperidine rings is 1. The average Bonchev–Trinajstić information content (AvgIpc) is 2.99. The van der Waals surface area contributed by atoms with Gasteiger partial charge in [0.1, 0.15) is 5.02 Å². The van der Waals surface area contributed by atoms with Crippen molar-refractivity contribution in [3.05, 3.63) is 64.8 Å². The first-order valence-corrected chi connectivity index (χ1v) is 14.5. The number of halogens is 4. The predicted octanol–water partition coefficient (Wildman–Crippen LogP) is 6.07. The second-order valence-electron chi connectivity index (χ2n) is 10.9. The number of hydrogen-bond donors (Lipinski definition) is 4. The van der Waals surface area contributed by atoms with Gasteiger partial charge in [0.25, 0.3) is 0 Å². The number of anilines is 5. The quantitative estimate of drug-likeness (QED) is 0.269. The molecule has 5 rings (SSSR count). The highest BCUT2D eigenvalue weighted by Gasteiger charge is 2.38. The third-order valence-electron chi connectivity index (χ3n) is 7.24. The van der Waals surface area contributed by atoms with Crippen LogP contribution in [0.25, 0.3) is 0 Å². The maximum atomic E-state index is 13.0. The summed E-state index contributed by atoms with van der Waals surface area (Å²) < 4.78 is 31.7. The number of nitrogens with one attached hydrogen (secondary N) is 3. The van der Waals surface area contributed by atoms with Crippen molar-refractivity contribution in [3.63, 3.8) is 0 Å². The summed E-state index contributed by atoms with van der Waals surface area (Å²) in [6, 6.07) is 14.1. The molecule has 45 heavy (non-hydrogen) atoms. The summed E-state index contributed by atoms with van der Waals surface area (Å²) >= 11 is 6.37. The van der Waals surface area contributed by atoms with Crippen molar-refractivity contribution in [2.75, 3.05) is 43.1 Å². The van der Waals surface area contributed by atoms with E-state index in [0.29, 0.717) is 36.3 Å². The van der Waals surface area contributed by atoms with Gasteiger partial charge in [-0.1, -0.05) is 23.7 Å². The first kappa shape index (κ1) is 33.3. The number of aliphatic carboxylic acids is 1. The number of fused-ring (bicyclic) bond motifs is 6. The fourth-order valence-electron chi connectivity index (χ4n) is 4.94. The highest BCUT2D eigenvalue weighted by atomic mass is 35.5. The van der Waals surface area contributed by atoms with Crippen molar-refractivity contribution in [3.8, 4) is 0 Å². The van der Waals surface area contributed by atoms with Gasteiger partial charge in [-0.3, -0.25) is 4.79 Å². The molecule has 2 aromatic carbocycles. The molecule has 4 N–H and O–H groups in total. The smallest absolute Gasteiger partial charge is 0.475 e. The van der Waals surface area contributed by atoms with Gasteiger partial charge in [0, 0.05) is 50.7 Å². The number of carboxylic acids is 1. The molecule has 6 bridgehead atoms. The lowest BCUT2D eigenvalue weighted by atomic mass is 9.93. The van der Waals surface area contributed by atoms with Crippen molar-refractivity contribution in [1.82, 2.24) is 19.8 Å².